The van der Waals surface area contributed by atoms with E-state index in [1.807, 2.05) is 24.3 Å². The van der Waals surface area contributed by atoms with Crippen molar-refractivity contribution in [3.05, 3.63) is 170 Å². The van der Waals surface area contributed by atoms with Crippen molar-refractivity contribution >= 4 is 175 Å². The van der Waals surface area contributed by atoms with E-state index in [9.17, 15) is 0 Å². The second-order valence-electron chi connectivity index (χ2n) is 18.3. The molecule has 318 valence electrons. The molecule has 0 saturated carbocycles. The van der Waals surface area contributed by atoms with Crippen LogP contribution in [0.3, 0.4) is 0 Å². The minimum Gasteiger partial charge on any atom is -0.245 e. The molecule has 11 heterocycles. The van der Waals surface area contributed by atoms with Gasteiger partial charge in [0.15, 0.2) is 0 Å². The molecule has 70 heavy (non-hydrogen) atoms. The zero-order valence-electron chi connectivity index (χ0n) is 36.6. The molecule has 0 amide bonds. The van der Waals surface area contributed by atoms with Gasteiger partial charge in [0.2, 0.25) is 0 Å². The maximum atomic E-state index is 5.65. The van der Waals surface area contributed by atoms with Gasteiger partial charge in [0.05, 0.1) is 110 Å². The minimum absolute atomic E-state index is 0.722. The quantitative estimate of drug-likeness (QED) is 0.107. The van der Waals surface area contributed by atoms with Gasteiger partial charge in [0, 0.05) is 64.6 Å². The fraction of sp³-hybridized carbons (Fsp3) is 0. The highest BCUT2D eigenvalue weighted by Gasteiger charge is 2.21. The first-order chi connectivity index (χ1) is 34.6. The van der Waals surface area contributed by atoms with Gasteiger partial charge in [0.1, 0.15) is 0 Å². The molecule has 0 aliphatic rings. The smallest absolute Gasteiger partial charge is 0.0996 e. The minimum atomic E-state index is 0.722. The van der Waals surface area contributed by atoms with Crippen LogP contribution in [0.2, 0.25) is 0 Å². The van der Waals surface area contributed by atoms with E-state index >= 15 is 0 Å². The lowest BCUT2D eigenvalue weighted by Gasteiger charge is -2.13. The van der Waals surface area contributed by atoms with Crippen LogP contribution in [-0.4, -0.2) is 49.8 Å². The normalized spacial score (nSPS) is 12.6. The fourth-order valence-corrected chi connectivity index (χ4v) is 11.1. The Balaban J connectivity index is 1.07. The Morgan fingerprint density at radius 1 is 0.143 bits per heavy atom. The number of nitrogens with zero attached hydrogens (tertiary/aromatic N) is 10. The molecule has 16 bridgehead atoms. The largest absolute Gasteiger partial charge is 0.245 e. The topological polar surface area (TPSA) is 129 Å². The van der Waals surface area contributed by atoms with E-state index < -0.39 is 0 Å². The zero-order chi connectivity index (χ0) is 45.3. The number of pyridine rings is 8. The van der Waals surface area contributed by atoms with Gasteiger partial charge >= 0.3 is 0 Å². The summed E-state index contributed by atoms with van der Waals surface area (Å²) in [5.74, 6) is 0. The lowest BCUT2D eigenvalue weighted by Crippen LogP contribution is -1.98. The van der Waals surface area contributed by atoms with Crippen LogP contribution < -0.4 is 0 Å². The predicted octanol–water partition coefficient (Wildman–Crippen LogP) is 14.1. The van der Waals surface area contributed by atoms with E-state index in [-0.39, 0.29) is 0 Å². The van der Waals surface area contributed by atoms with Crippen LogP contribution in [0, 0.1) is 0 Å². The van der Waals surface area contributed by atoms with Gasteiger partial charge in [-0.05, 0) is 72.8 Å². The highest BCUT2D eigenvalue weighted by atomic mass is 14.9. The number of para-hydroxylation sites is 4. The van der Waals surface area contributed by atoms with Gasteiger partial charge in [0.25, 0.3) is 0 Å². The Labute approximate surface area is 393 Å². The third-order valence-electron chi connectivity index (χ3n) is 14.5. The Bertz CT molecular complexity index is 4670. The van der Waals surface area contributed by atoms with Crippen LogP contribution >= 0.6 is 0 Å². The summed E-state index contributed by atoms with van der Waals surface area (Å²) in [7, 11) is 0. The zero-order valence-corrected chi connectivity index (χ0v) is 36.6. The molecule has 0 saturated heterocycles. The predicted molar refractivity (Wildman–Crippen MR) is 284 cm³/mol. The van der Waals surface area contributed by atoms with E-state index in [2.05, 4.69) is 146 Å². The summed E-state index contributed by atoms with van der Waals surface area (Å²) in [5.41, 5.74) is 15.5. The van der Waals surface area contributed by atoms with Crippen LogP contribution in [0.4, 0.5) is 0 Å². The second-order valence-corrected chi connectivity index (χ2v) is 18.3. The number of hydrogen-bond acceptors (Lipinski definition) is 10. The summed E-state index contributed by atoms with van der Waals surface area (Å²) in [6, 6.07) is 58.4. The van der Waals surface area contributed by atoms with Crippen molar-refractivity contribution in [3.63, 3.8) is 0 Å². The first-order valence-corrected chi connectivity index (χ1v) is 23.2. The van der Waals surface area contributed by atoms with Gasteiger partial charge < -0.3 is 0 Å². The van der Waals surface area contributed by atoms with Crippen LogP contribution in [0.1, 0.15) is 0 Å². The van der Waals surface area contributed by atoms with E-state index in [4.69, 9.17) is 49.8 Å². The lowest BCUT2D eigenvalue weighted by atomic mass is 10.0. The van der Waals surface area contributed by atoms with Crippen LogP contribution in [0.25, 0.3) is 175 Å². The van der Waals surface area contributed by atoms with Crippen molar-refractivity contribution in [2.24, 2.45) is 0 Å². The number of aromatic nitrogens is 10. The Hall–Kier alpha value is -9.80. The average molecular weight is 889 g/mol. The highest BCUT2D eigenvalue weighted by Crippen LogP contribution is 2.40. The molecule has 0 aliphatic heterocycles. The molecule has 10 nitrogen and oxygen atoms in total. The molecule has 0 atom stereocenters. The molecule has 0 spiro atoms. The second kappa shape index (κ2) is 13.0. The van der Waals surface area contributed by atoms with Gasteiger partial charge in [-0.15, -0.1) is 0 Å². The first kappa shape index (κ1) is 36.3. The monoisotopic (exact) mass is 888 g/mol. The summed E-state index contributed by atoms with van der Waals surface area (Å²) in [5, 5.41) is 11.1. The van der Waals surface area contributed by atoms with Crippen molar-refractivity contribution in [1.82, 2.24) is 49.8 Å². The van der Waals surface area contributed by atoms with Crippen molar-refractivity contribution in [2.75, 3.05) is 0 Å². The number of fused-ring (bicyclic) bond motifs is 20. The summed E-state index contributed by atoms with van der Waals surface area (Å²) in [6.07, 6.45) is 0. The molecular formula is C60H28N10. The van der Waals surface area contributed by atoms with Crippen molar-refractivity contribution in [1.29, 1.82) is 0 Å². The molecule has 0 unspecified atom stereocenters. The van der Waals surface area contributed by atoms with Gasteiger partial charge in [-0.3, -0.25) is 0 Å². The van der Waals surface area contributed by atoms with E-state index in [1.165, 1.54) is 0 Å². The van der Waals surface area contributed by atoms with Crippen LogP contribution in [0.15, 0.2) is 170 Å². The molecule has 11 aromatic heterocycles. The molecule has 10 heteroatoms. The maximum absolute atomic E-state index is 5.65. The molecular weight excluding hydrogens is 861 g/mol. The average Bonchev–Trinajstić information content (AvgIpc) is 3.42. The van der Waals surface area contributed by atoms with Gasteiger partial charge in [-0.2, -0.15) is 0 Å². The number of hydrogen-bond donors (Lipinski definition) is 0. The van der Waals surface area contributed by atoms with Crippen molar-refractivity contribution in [3.8, 4) is 0 Å². The third kappa shape index (κ3) is 4.85. The summed E-state index contributed by atoms with van der Waals surface area (Å²) < 4.78 is 0. The molecule has 0 radical (unpaired) electrons. The first-order valence-electron chi connectivity index (χ1n) is 23.2. The van der Waals surface area contributed by atoms with E-state index in [1.54, 1.807) is 0 Å². The fourth-order valence-electron chi connectivity index (χ4n) is 11.1. The van der Waals surface area contributed by atoms with E-state index in [0.717, 1.165) is 175 Å². The van der Waals surface area contributed by atoms with Crippen LogP contribution in [-0.2, 0) is 0 Å². The molecule has 0 aliphatic carbocycles. The Morgan fingerprint density at radius 2 is 0.357 bits per heavy atom. The van der Waals surface area contributed by atoms with Gasteiger partial charge in [-0.1, -0.05) is 97.1 Å². The number of rotatable bonds is 0. The maximum Gasteiger partial charge on any atom is 0.0996 e. The SMILES string of the molecule is c1cc2ccc3nc2c(c1)c1ccc2c(n1)c1nc(ccc1c1nc4c5ccc6nc5c5nc(ccc5c4nc21)c1cccc2ccc(nc21)c1ccc2cccc6c2n1)c1cccc2ccc3nc21. The standard InChI is InChI=1S/C60H28N10/c1-5-29-13-21-45-46-22-14-30-6-2-10-34(50(30)66-46)42-26-18-38-54(62-42)53-37(17-25-41(61-53)33(9-1)49(29)65-45)57-58(38)70-60-40-20-28-44-36-12-4-8-32-16-24-48(68-52(32)36)47-23-15-31-7-3-11-35(51(31)67-47)43-27-19-39(59(60)69-57)55(63-43)56(40)64-44/h1-28H. The number of benzene rings is 6. The molecule has 17 rings (SSSR count). The highest BCUT2D eigenvalue weighted by molar-refractivity contribution is 6.28. The molecule has 6 aromatic carbocycles. The molecule has 0 N–H and O–H groups in total. The Kier molecular flexibility index (Phi) is 6.75. The summed E-state index contributed by atoms with van der Waals surface area (Å²) in [4.78, 5) is 54.4. The van der Waals surface area contributed by atoms with Crippen molar-refractivity contribution < 1.29 is 0 Å². The lowest BCUT2D eigenvalue weighted by molar-refractivity contribution is 1.40. The van der Waals surface area contributed by atoms with E-state index in [0.29, 0.717) is 0 Å². The van der Waals surface area contributed by atoms with Crippen molar-refractivity contribution in [2.45, 2.75) is 0 Å². The Morgan fingerprint density at radius 3 is 0.614 bits per heavy atom. The van der Waals surface area contributed by atoms with Crippen LogP contribution in [0.5, 0.6) is 0 Å². The summed E-state index contributed by atoms with van der Waals surface area (Å²) in [6.45, 7) is 0. The van der Waals surface area contributed by atoms with Gasteiger partial charge in [-0.25, -0.2) is 49.8 Å². The summed E-state index contributed by atoms with van der Waals surface area (Å²) >= 11 is 0. The molecule has 0 fully saturated rings. The third-order valence-corrected chi connectivity index (χ3v) is 14.5. The molecule has 17 aromatic rings.